The second-order valence-corrected chi connectivity index (χ2v) is 3.67. The average molecular weight is 287 g/mol. The van der Waals surface area contributed by atoms with Crippen LogP contribution in [0, 0.1) is 11.8 Å². The molecule has 0 saturated carbocycles. The van der Waals surface area contributed by atoms with Crippen LogP contribution in [0.3, 0.4) is 0 Å². The molecule has 0 aromatic heterocycles. The molecule has 0 spiro atoms. The van der Waals surface area contributed by atoms with Gasteiger partial charge in [0, 0.05) is 39.1 Å². The molecule has 1 atom stereocenters. The van der Waals surface area contributed by atoms with E-state index in [1.165, 1.54) is 0 Å². The summed E-state index contributed by atoms with van der Waals surface area (Å²) in [4.78, 5) is 29.3. The average Bonchev–Trinajstić information content (AvgIpc) is 2.03. The Balaban J connectivity index is -0.000000180. The van der Waals surface area contributed by atoms with Crippen molar-refractivity contribution in [1.29, 1.82) is 0 Å². The van der Waals surface area contributed by atoms with Crippen molar-refractivity contribution in [2.24, 2.45) is 11.8 Å². The van der Waals surface area contributed by atoms with Crippen LogP contribution in [-0.2, 0) is 47.1 Å². The summed E-state index contributed by atoms with van der Waals surface area (Å²) < 4.78 is 0. The Morgan fingerprint density at radius 1 is 1.20 bits per heavy atom. The number of hydrogen-bond acceptors (Lipinski definition) is 3. The van der Waals surface area contributed by atoms with Gasteiger partial charge in [-0.25, -0.2) is 0 Å². The molecule has 3 nitrogen and oxygen atoms in total. The van der Waals surface area contributed by atoms with Crippen LogP contribution in [0.2, 0.25) is 0 Å². The minimum absolute atomic E-state index is 0. The first-order valence-corrected chi connectivity index (χ1v) is 4.66. The van der Waals surface area contributed by atoms with Gasteiger partial charge in [-0.15, -0.1) is 0 Å². The van der Waals surface area contributed by atoms with Gasteiger partial charge in [0.25, 0.3) is 0 Å². The van der Waals surface area contributed by atoms with E-state index in [0.29, 0.717) is 5.92 Å². The van der Waals surface area contributed by atoms with Crippen LogP contribution >= 0.6 is 0 Å². The molecule has 0 aliphatic heterocycles. The Kier molecular flexibility index (Phi) is 19.3. The third-order valence-corrected chi connectivity index (χ3v) is 1.29. The molecule has 0 fully saturated rings. The summed E-state index contributed by atoms with van der Waals surface area (Å²) in [5, 5.41) is 0. The first-order valence-electron chi connectivity index (χ1n) is 4.66. The van der Waals surface area contributed by atoms with Crippen molar-refractivity contribution in [1.82, 2.24) is 0 Å². The number of carbonyl (C=O) groups excluding carboxylic acids is 3. The summed E-state index contributed by atoms with van der Waals surface area (Å²) in [5.74, 6) is 0.532. The van der Waals surface area contributed by atoms with Gasteiger partial charge in [-0.2, -0.15) is 12.3 Å². The number of ketones is 1. The molecule has 4 heteroatoms. The van der Waals surface area contributed by atoms with E-state index in [2.05, 4.69) is 0 Å². The summed E-state index contributed by atoms with van der Waals surface area (Å²) in [7, 11) is 0. The second-order valence-electron chi connectivity index (χ2n) is 3.67. The zero-order chi connectivity index (χ0) is 11.6. The molecule has 0 aromatic carbocycles. The normalized spacial score (nSPS) is 10.5. The molecule has 1 unspecified atom stereocenters. The standard InChI is InChI=1S/C6H12O.C5H6O2.Y/c1-5(2)4-6(3)7;1-5(4-7)2-3-6;/h5H,4H2,1-3H3;5H,2H2,1H3;/q;-2;. The third kappa shape index (κ3) is 24.9. The minimum Gasteiger partial charge on any atom is -0.542 e. The van der Waals surface area contributed by atoms with Gasteiger partial charge in [-0.05, 0) is 12.8 Å². The molecule has 0 N–H and O–H groups in total. The molecule has 0 saturated heterocycles. The van der Waals surface area contributed by atoms with Gasteiger partial charge in [-0.1, -0.05) is 20.8 Å². The van der Waals surface area contributed by atoms with Crippen molar-refractivity contribution < 1.29 is 47.1 Å². The Morgan fingerprint density at radius 2 is 1.67 bits per heavy atom. The fraction of sp³-hybridized carbons (Fsp3) is 0.727. The van der Waals surface area contributed by atoms with Gasteiger partial charge in [-0.3, -0.25) is 12.6 Å². The van der Waals surface area contributed by atoms with E-state index in [1.807, 2.05) is 13.8 Å². The Hall–Kier alpha value is 0.114. The molecule has 0 aromatic rings. The van der Waals surface area contributed by atoms with E-state index >= 15 is 0 Å². The predicted octanol–water partition coefficient (Wildman–Crippen LogP) is 1.85. The van der Waals surface area contributed by atoms with E-state index in [-0.39, 0.29) is 50.8 Å². The van der Waals surface area contributed by atoms with E-state index in [4.69, 9.17) is 0 Å². The monoisotopic (exact) mass is 287 g/mol. The molecule has 15 heavy (non-hydrogen) atoms. The Labute approximate surface area is 117 Å². The van der Waals surface area contributed by atoms with Crippen LogP contribution in [0.4, 0.5) is 0 Å². The van der Waals surface area contributed by atoms with Gasteiger partial charge in [0.1, 0.15) is 5.78 Å². The number of rotatable bonds is 5. The van der Waals surface area contributed by atoms with Gasteiger partial charge in [0.2, 0.25) is 0 Å². The van der Waals surface area contributed by atoms with Gasteiger partial charge in [0.05, 0.1) is 0 Å². The summed E-state index contributed by atoms with van der Waals surface area (Å²) in [6, 6.07) is 0. The number of Topliss-reactive ketones (excluding diaryl/α,β-unsaturated/α-hetero) is 1. The first-order chi connectivity index (χ1) is 6.43. The second kappa shape index (κ2) is 14.1. The zero-order valence-corrected chi connectivity index (χ0v) is 12.7. The molecule has 85 valence electrons. The van der Waals surface area contributed by atoms with Gasteiger partial charge >= 0.3 is 0 Å². The van der Waals surface area contributed by atoms with Crippen LogP contribution in [0.5, 0.6) is 0 Å². The molecule has 0 heterocycles. The van der Waals surface area contributed by atoms with Gasteiger partial charge < -0.3 is 14.4 Å². The zero-order valence-electron chi connectivity index (χ0n) is 9.87. The molecule has 0 rings (SSSR count). The Morgan fingerprint density at radius 3 is 1.73 bits per heavy atom. The maximum atomic E-state index is 10.3. The largest absolute Gasteiger partial charge is 0.542 e. The summed E-state index contributed by atoms with van der Waals surface area (Å²) >= 11 is 0. The van der Waals surface area contributed by atoms with E-state index in [0.717, 1.165) is 6.42 Å². The molecule has 0 aliphatic rings. The molecule has 1 radical (unpaired) electrons. The fourth-order valence-electron chi connectivity index (χ4n) is 0.742. The van der Waals surface area contributed by atoms with Crippen LogP contribution in [0.15, 0.2) is 0 Å². The van der Waals surface area contributed by atoms with Crippen molar-refractivity contribution >= 4 is 18.4 Å². The fourth-order valence-corrected chi connectivity index (χ4v) is 0.742. The van der Waals surface area contributed by atoms with Crippen LogP contribution in [0.25, 0.3) is 0 Å². The molecule has 0 amide bonds. The quantitative estimate of drug-likeness (QED) is 0.725. The topological polar surface area (TPSA) is 51.2 Å². The van der Waals surface area contributed by atoms with Crippen molar-refractivity contribution in [3.05, 3.63) is 0 Å². The van der Waals surface area contributed by atoms with Gasteiger partial charge in [0.15, 0.2) is 0 Å². The molecular weight excluding hydrogens is 269 g/mol. The maximum Gasteiger partial charge on any atom is 0.130 e. The van der Waals surface area contributed by atoms with Crippen LogP contribution in [0.1, 0.15) is 40.5 Å². The SMILES string of the molecule is CC(=O)CC(C)C.CC([C-]=O)C[C-]=O.[Y]. The smallest absolute Gasteiger partial charge is 0.130 e. The molecule has 0 bridgehead atoms. The van der Waals surface area contributed by atoms with Crippen molar-refractivity contribution in [3.8, 4) is 0 Å². The minimum atomic E-state index is -0.280. The summed E-state index contributed by atoms with van der Waals surface area (Å²) in [5.41, 5.74) is 0. The number of carbonyl (C=O) groups is 1. The summed E-state index contributed by atoms with van der Waals surface area (Å²) in [6.07, 6.45) is 4.15. The van der Waals surface area contributed by atoms with E-state index in [9.17, 15) is 14.4 Å². The molecule has 0 aliphatic carbocycles. The van der Waals surface area contributed by atoms with Crippen molar-refractivity contribution in [3.63, 3.8) is 0 Å². The predicted molar refractivity (Wildman–Crippen MR) is 55.3 cm³/mol. The van der Waals surface area contributed by atoms with E-state index in [1.54, 1.807) is 26.4 Å². The van der Waals surface area contributed by atoms with Crippen LogP contribution in [-0.4, -0.2) is 18.4 Å². The van der Waals surface area contributed by atoms with Crippen molar-refractivity contribution in [2.45, 2.75) is 40.5 Å². The van der Waals surface area contributed by atoms with Crippen molar-refractivity contribution in [2.75, 3.05) is 0 Å². The van der Waals surface area contributed by atoms with E-state index < -0.39 is 0 Å². The molecular formula is C11H18O3Y-2. The first kappa shape index (κ1) is 20.5. The van der Waals surface area contributed by atoms with Crippen LogP contribution < -0.4 is 0 Å². The third-order valence-electron chi connectivity index (χ3n) is 1.29. The maximum absolute atomic E-state index is 10.3. The number of hydrogen-bond donors (Lipinski definition) is 0. The Bertz CT molecular complexity index is 179. The summed E-state index contributed by atoms with van der Waals surface area (Å²) in [6.45, 7) is 7.33.